The van der Waals surface area contributed by atoms with Crippen molar-refractivity contribution in [2.75, 3.05) is 0 Å². The fourth-order valence-corrected chi connectivity index (χ4v) is 3.24. The number of nitrogens with one attached hydrogen (secondary N) is 1. The normalized spacial score (nSPS) is 11.7. The van der Waals surface area contributed by atoms with Crippen LogP contribution >= 0.6 is 11.8 Å². The minimum atomic E-state index is -0.447. The molecule has 0 aliphatic rings. The van der Waals surface area contributed by atoms with Crippen molar-refractivity contribution >= 4 is 23.4 Å². The number of aromatic nitrogens is 3. The SMILES string of the molecule is C[C@@H](Sc1ccc([N+](=O)[O-])cc1)C(=O)NCc1ccnc(-n2ccnc2)c1. The molecular weight excluding hydrogens is 366 g/mol. The Hall–Kier alpha value is -3.20. The van der Waals surface area contributed by atoms with Crippen LogP contribution in [0, 0.1) is 10.1 Å². The highest BCUT2D eigenvalue weighted by Gasteiger charge is 2.15. The van der Waals surface area contributed by atoms with E-state index < -0.39 is 4.92 Å². The van der Waals surface area contributed by atoms with Crippen LogP contribution in [0.2, 0.25) is 0 Å². The smallest absolute Gasteiger partial charge is 0.269 e. The molecule has 0 saturated carbocycles. The van der Waals surface area contributed by atoms with Crippen molar-refractivity contribution in [1.29, 1.82) is 0 Å². The van der Waals surface area contributed by atoms with E-state index in [-0.39, 0.29) is 16.8 Å². The lowest BCUT2D eigenvalue weighted by Crippen LogP contribution is -2.30. The second-order valence-electron chi connectivity index (χ2n) is 5.72. The number of non-ortho nitro benzene ring substituents is 1. The van der Waals surface area contributed by atoms with Crippen molar-refractivity contribution in [1.82, 2.24) is 19.9 Å². The Morgan fingerprint density at radius 2 is 2.07 bits per heavy atom. The number of hydrogen-bond donors (Lipinski definition) is 1. The molecule has 9 heteroatoms. The Morgan fingerprint density at radius 3 is 2.74 bits per heavy atom. The lowest BCUT2D eigenvalue weighted by atomic mass is 10.2. The average Bonchev–Trinajstić information content (AvgIpc) is 3.21. The molecule has 1 aromatic carbocycles. The molecule has 0 bridgehead atoms. The summed E-state index contributed by atoms with van der Waals surface area (Å²) in [4.78, 5) is 31.7. The number of thioether (sulfide) groups is 1. The van der Waals surface area contributed by atoms with Gasteiger partial charge in [0.1, 0.15) is 12.1 Å². The van der Waals surface area contributed by atoms with Crippen molar-refractivity contribution in [2.24, 2.45) is 0 Å². The third-order valence-corrected chi connectivity index (χ3v) is 4.89. The maximum absolute atomic E-state index is 12.3. The fourth-order valence-electron chi connectivity index (χ4n) is 2.34. The van der Waals surface area contributed by atoms with Gasteiger partial charge in [-0.15, -0.1) is 11.8 Å². The molecule has 0 spiro atoms. The highest BCUT2D eigenvalue weighted by Crippen LogP contribution is 2.25. The van der Waals surface area contributed by atoms with Crippen molar-refractivity contribution in [3.63, 3.8) is 0 Å². The van der Waals surface area contributed by atoms with E-state index in [1.165, 1.54) is 23.9 Å². The lowest BCUT2D eigenvalue weighted by Gasteiger charge is -2.12. The van der Waals surface area contributed by atoms with E-state index in [9.17, 15) is 14.9 Å². The van der Waals surface area contributed by atoms with Gasteiger partial charge in [-0.25, -0.2) is 9.97 Å². The van der Waals surface area contributed by atoms with Crippen LogP contribution < -0.4 is 5.32 Å². The number of amides is 1. The Morgan fingerprint density at radius 1 is 1.30 bits per heavy atom. The molecule has 3 rings (SSSR count). The monoisotopic (exact) mass is 383 g/mol. The van der Waals surface area contributed by atoms with E-state index in [4.69, 9.17) is 0 Å². The summed E-state index contributed by atoms with van der Waals surface area (Å²) in [7, 11) is 0. The van der Waals surface area contributed by atoms with E-state index in [1.807, 2.05) is 12.1 Å². The lowest BCUT2D eigenvalue weighted by molar-refractivity contribution is -0.384. The van der Waals surface area contributed by atoms with Crippen LogP contribution in [0.5, 0.6) is 0 Å². The Labute approximate surface area is 159 Å². The first-order chi connectivity index (χ1) is 13.0. The van der Waals surface area contributed by atoms with Crippen LogP contribution in [0.25, 0.3) is 5.82 Å². The van der Waals surface area contributed by atoms with Gasteiger partial charge in [-0.2, -0.15) is 0 Å². The van der Waals surface area contributed by atoms with Crippen molar-refractivity contribution in [3.05, 3.63) is 77.0 Å². The molecule has 8 nitrogen and oxygen atoms in total. The third kappa shape index (κ3) is 4.91. The molecule has 3 aromatic rings. The summed E-state index contributed by atoms with van der Waals surface area (Å²) in [6.45, 7) is 2.18. The van der Waals surface area contributed by atoms with Crippen LogP contribution in [0.15, 0.2) is 66.2 Å². The van der Waals surface area contributed by atoms with Gasteiger partial charge in [-0.05, 0) is 36.8 Å². The predicted molar refractivity (Wildman–Crippen MR) is 102 cm³/mol. The van der Waals surface area contributed by atoms with Crippen molar-refractivity contribution in [3.8, 4) is 5.82 Å². The average molecular weight is 383 g/mol. The number of benzene rings is 1. The minimum Gasteiger partial charge on any atom is -0.351 e. The molecule has 138 valence electrons. The Kier molecular flexibility index (Phi) is 5.82. The first-order valence-electron chi connectivity index (χ1n) is 8.15. The van der Waals surface area contributed by atoms with Crippen LogP contribution in [0.4, 0.5) is 5.69 Å². The van der Waals surface area contributed by atoms with Gasteiger partial charge in [0, 0.05) is 42.2 Å². The van der Waals surface area contributed by atoms with Crippen molar-refractivity contribution < 1.29 is 9.72 Å². The summed E-state index contributed by atoms with van der Waals surface area (Å²) < 4.78 is 1.79. The molecule has 1 N–H and O–H groups in total. The van der Waals surface area contributed by atoms with Gasteiger partial charge < -0.3 is 5.32 Å². The summed E-state index contributed by atoms with van der Waals surface area (Å²) in [5.74, 6) is 0.617. The topological polar surface area (TPSA) is 103 Å². The number of carbonyl (C=O) groups is 1. The molecule has 0 radical (unpaired) electrons. The molecule has 2 heterocycles. The van der Waals surface area contributed by atoms with E-state index >= 15 is 0 Å². The zero-order valence-corrected chi connectivity index (χ0v) is 15.3. The van der Waals surface area contributed by atoms with Gasteiger partial charge in [-0.1, -0.05) is 0 Å². The summed E-state index contributed by atoms with van der Waals surface area (Å²) >= 11 is 1.35. The van der Waals surface area contributed by atoms with Gasteiger partial charge in [0.15, 0.2) is 0 Å². The first kappa shape index (κ1) is 18.6. The molecule has 27 heavy (non-hydrogen) atoms. The number of imidazole rings is 1. The standard InChI is InChI=1S/C18H17N5O3S/c1-13(27-16-4-2-15(3-5-16)23(25)26)18(24)21-11-14-6-7-20-17(10-14)22-9-8-19-12-22/h2-10,12-13H,11H2,1H3,(H,21,24)/t13-/m1/s1. The fraction of sp³-hybridized carbons (Fsp3) is 0.167. The molecular formula is C18H17N5O3S. The summed E-state index contributed by atoms with van der Waals surface area (Å²) in [5.41, 5.74) is 0.956. The number of nitrogens with zero attached hydrogens (tertiary/aromatic N) is 4. The molecule has 1 amide bonds. The number of pyridine rings is 1. The van der Waals surface area contributed by atoms with Crippen LogP contribution in [0.3, 0.4) is 0 Å². The highest BCUT2D eigenvalue weighted by molar-refractivity contribution is 8.00. The third-order valence-electron chi connectivity index (χ3n) is 3.78. The maximum Gasteiger partial charge on any atom is 0.269 e. The van der Waals surface area contributed by atoms with Crippen LogP contribution in [0.1, 0.15) is 12.5 Å². The minimum absolute atomic E-state index is 0.0304. The number of nitro groups is 1. The largest absolute Gasteiger partial charge is 0.351 e. The number of hydrogen-bond acceptors (Lipinski definition) is 6. The summed E-state index contributed by atoms with van der Waals surface area (Å²) in [5, 5.41) is 13.3. The Balaban J connectivity index is 1.55. The van der Waals surface area contributed by atoms with Gasteiger partial charge >= 0.3 is 0 Å². The molecule has 0 fully saturated rings. The number of carbonyl (C=O) groups excluding carboxylic acids is 1. The zero-order chi connectivity index (χ0) is 19.2. The van der Waals surface area contributed by atoms with Gasteiger partial charge in [0.25, 0.3) is 5.69 Å². The highest BCUT2D eigenvalue weighted by atomic mass is 32.2. The molecule has 0 aliphatic carbocycles. The van der Waals surface area contributed by atoms with Gasteiger partial charge in [0.05, 0.1) is 10.2 Å². The number of rotatable bonds is 7. The van der Waals surface area contributed by atoms with E-state index in [1.54, 1.807) is 48.5 Å². The number of nitro benzene ring substituents is 1. The zero-order valence-electron chi connectivity index (χ0n) is 14.5. The van der Waals surface area contributed by atoms with E-state index in [0.717, 1.165) is 16.3 Å². The van der Waals surface area contributed by atoms with E-state index in [0.29, 0.717) is 6.54 Å². The molecule has 0 unspecified atom stereocenters. The summed E-state index contributed by atoms with van der Waals surface area (Å²) in [6.07, 6.45) is 6.82. The maximum atomic E-state index is 12.3. The van der Waals surface area contributed by atoms with Crippen LogP contribution in [-0.4, -0.2) is 30.6 Å². The molecule has 0 saturated heterocycles. The Bertz CT molecular complexity index is 928. The van der Waals surface area contributed by atoms with Gasteiger partial charge in [0.2, 0.25) is 5.91 Å². The molecule has 2 aromatic heterocycles. The predicted octanol–water partition coefficient (Wildman–Crippen LogP) is 2.97. The summed E-state index contributed by atoms with van der Waals surface area (Å²) in [6, 6.07) is 9.88. The van der Waals surface area contributed by atoms with E-state index in [2.05, 4.69) is 15.3 Å². The first-order valence-corrected chi connectivity index (χ1v) is 9.03. The van der Waals surface area contributed by atoms with Crippen molar-refractivity contribution in [2.45, 2.75) is 23.6 Å². The molecule has 0 aliphatic heterocycles. The second kappa shape index (κ2) is 8.45. The quantitative estimate of drug-likeness (QED) is 0.382. The van der Waals surface area contributed by atoms with Crippen LogP contribution in [-0.2, 0) is 11.3 Å². The second-order valence-corrected chi connectivity index (χ2v) is 7.14. The molecule has 1 atom stereocenters. The van der Waals surface area contributed by atoms with Gasteiger partial charge in [-0.3, -0.25) is 19.5 Å².